The third-order valence-electron chi connectivity index (χ3n) is 4.62. The van der Waals surface area contributed by atoms with E-state index in [2.05, 4.69) is 5.10 Å². The number of hydrogen-bond acceptors (Lipinski definition) is 4. The Hall–Kier alpha value is -2.93. The first-order chi connectivity index (χ1) is 12.7. The van der Waals surface area contributed by atoms with E-state index in [1.54, 1.807) is 19.9 Å². The predicted molar refractivity (Wildman–Crippen MR) is 103 cm³/mol. The molecule has 2 heterocycles. The van der Waals surface area contributed by atoms with E-state index in [-0.39, 0.29) is 18.0 Å². The molecule has 27 heavy (non-hydrogen) atoms. The van der Waals surface area contributed by atoms with Gasteiger partial charge in [-0.25, -0.2) is 0 Å². The van der Waals surface area contributed by atoms with Crippen LogP contribution in [0.1, 0.15) is 33.1 Å². The van der Waals surface area contributed by atoms with Crippen LogP contribution in [0.15, 0.2) is 30.3 Å². The number of rotatable bonds is 5. The smallest absolute Gasteiger partial charge is 0.312 e. The summed E-state index contributed by atoms with van der Waals surface area (Å²) in [5, 5.41) is 15.9. The van der Waals surface area contributed by atoms with E-state index in [4.69, 9.17) is 11.6 Å². The molecule has 0 aliphatic carbocycles. The minimum atomic E-state index is -0.469. The van der Waals surface area contributed by atoms with Crippen LogP contribution in [0.5, 0.6) is 0 Å². The number of aromatic nitrogens is 3. The summed E-state index contributed by atoms with van der Waals surface area (Å²) < 4.78 is 3.35. The van der Waals surface area contributed by atoms with Crippen molar-refractivity contribution in [3.8, 4) is 5.69 Å². The van der Waals surface area contributed by atoms with Crippen LogP contribution < -0.4 is 0 Å². The first-order valence-electron chi connectivity index (χ1n) is 8.37. The molecule has 0 bridgehead atoms. The van der Waals surface area contributed by atoms with Crippen LogP contribution in [-0.4, -0.2) is 25.1 Å². The van der Waals surface area contributed by atoms with E-state index in [9.17, 15) is 14.9 Å². The van der Waals surface area contributed by atoms with Crippen molar-refractivity contribution in [3.63, 3.8) is 0 Å². The Kier molecular flexibility index (Phi) is 4.89. The second kappa shape index (κ2) is 7.00. The fourth-order valence-electron chi connectivity index (χ4n) is 3.38. The molecule has 140 valence electrons. The maximum absolute atomic E-state index is 12.9. The zero-order valence-electron chi connectivity index (χ0n) is 15.5. The summed E-state index contributed by atoms with van der Waals surface area (Å²) in [6.07, 6.45) is 0. The Bertz CT molecular complexity index is 1070. The molecule has 0 atom stereocenters. The molecule has 7 nitrogen and oxygen atoms in total. The van der Waals surface area contributed by atoms with Gasteiger partial charge in [0.05, 0.1) is 4.92 Å². The van der Waals surface area contributed by atoms with Gasteiger partial charge in [0.15, 0.2) is 5.78 Å². The molecule has 0 spiro atoms. The first kappa shape index (κ1) is 18.8. The lowest BCUT2D eigenvalue weighted by molar-refractivity contribution is -0.386. The highest BCUT2D eigenvalue weighted by Crippen LogP contribution is 2.25. The van der Waals surface area contributed by atoms with E-state index in [1.807, 2.05) is 42.7 Å². The molecule has 2 aromatic heterocycles. The molecule has 3 rings (SSSR count). The van der Waals surface area contributed by atoms with Gasteiger partial charge in [0.1, 0.15) is 17.9 Å². The SMILES string of the molecule is Cc1nn(CC(=O)c2cc(C)n(-c3cccc(Cl)c3)c2C)c(C)c1[N+](=O)[O-]. The number of nitrogens with zero attached hydrogens (tertiary/aromatic N) is 4. The number of aryl methyl sites for hydroxylation is 2. The monoisotopic (exact) mass is 386 g/mol. The van der Waals surface area contributed by atoms with E-state index >= 15 is 0 Å². The van der Waals surface area contributed by atoms with Gasteiger partial charge < -0.3 is 4.57 Å². The van der Waals surface area contributed by atoms with Crippen molar-refractivity contribution in [2.24, 2.45) is 0 Å². The molecule has 0 aliphatic heterocycles. The summed E-state index contributed by atoms with van der Waals surface area (Å²) in [4.78, 5) is 23.6. The van der Waals surface area contributed by atoms with Crippen molar-refractivity contribution in [1.82, 2.24) is 14.3 Å². The molecular formula is C19H19ClN4O3. The fourth-order valence-corrected chi connectivity index (χ4v) is 3.57. The van der Waals surface area contributed by atoms with Crippen LogP contribution in [0.2, 0.25) is 5.02 Å². The number of nitro groups is 1. The number of hydrogen-bond donors (Lipinski definition) is 0. The van der Waals surface area contributed by atoms with Crippen molar-refractivity contribution in [1.29, 1.82) is 0 Å². The normalized spacial score (nSPS) is 11.0. The van der Waals surface area contributed by atoms with Gasteiger partial charge in [-0.3, -0.25) is 19.6 Å². The van der Waals surface area contributed by atoms with Crippen LogP contribution >= 0.6 is 11.6 Å². The third kappa shape index (κ3) is 3.38. The quantitative estimate of drug-likeness (QED) is 0.370. The Morgan fingerprint density at radius 2 is 1.89 bits per heavy atom. The maximum atomic E-state index is 12.9. The molecule has 1 aromatic carbocycles. The van der Waals surface area contributed by atoms with Gasteiger partial charge >= 0.3 is 5.69 Å². The van der Waals surface area contributed by atoms with Gasteiger partial charge in [0, 0.05) is 27.7 Å². The highest BCUT2D eigenvalue weighted by atomic mass is 35.5. The van der Waals surface area contributed by atoms with Gasteiger partial charge in [-0.05, 0) is 52.0 Å². The second-order valence-electron chi connectivity index (χ2n) is 6.46. The summed E-state index contributed by atoms with van der Waals surface area (Å²) in [5.74, 6) is -0.156. The standard InChI is InChI=1S/C19H19ClN4O3/c1-11-8-17(13(3)23(11)16-7-5-6-15(20)9-16)18(25)10-22-14(4)19(24(26)27)12(2)21-22/h5-9H,10H2,1-4H3. The van der Waals surface area contributed by atoms with Crippen LogP contribution in [-0.2, 0) is 6.54 Å². The molecule has 0 amide bonds. The minimum absolute atomic E-state index is 0.0489. The lowest BCUT2D eigenvalue weighted by atomic mass is 10.1. The number of benzene rings is 1. The number of Topliss-reactive ketones (excluding diaryl/α,β-unsaturated/α-hetero) is 1. The Labute approximate surface area is 161 Å². The zero-order valence-corrected chi connectivity index (χ0v) is 16.2. The van der Waals surface area contributed by atoms with E-state index in [0.717, 1.165) is 17.1 Å². The Morgan fingerprint density at radius 3 is 2.48 bits per heavy atom. The summed E-state index contributed by atoms with van der Waals surface area (Å²) in [5.41, 5.74) is 3.74. The van der Waals surface area contributed by atoms with Crippen LogP contribution in [0, 0.1) is 37.8 Å². The highest BCUT2D eigenvalue weighted by molar-refractivity contribution is 6.30. The lowest BCUT2D eigenvalue weighted by Gasteiger charge is -2.10. The van der Waals surface area contributed by atoms with Gasteiger partial charge in [-0.1, -0.05) is 17.7 Å². The number of carbonyl (C=O) groups excluding carboxylic acids is 1. The summed E-state index contributed by atoms with van der Waals surface area (Å²) in [6.45, 7) is 6.89. The lowest BCUT2D eigenvalue weighted by Crippen LogP contribution is -2.14. The average molecular weight is 387 g/mol. The molecule has 0 saturated carbocycles. The van der Waals surface area contributed by atoms with Gasteiger partial charge in [-0.15, -0.1) is 0 Å². The first-order valence-corrected chi connectivity index (χ1v) is 8.75. The summed E-state index contributed by atoms with van der Waals surface area (Å²) >= 11 is 6.09. The molecule has 3 aromatic rings. The third-order valence-corrected chi connectivity index (χ3v) is 4.85. The van der Waals surface area contributed by atoms with Crippen molar-refractivity contribution < 1.29 is 9.72 Å². The highest BCUT2D eigenvalue weighted by Gasteiger charge is 2.24. The van der Waals surface area contributed by atoms with Gasteiger partial charge in [0.2, 0.25) is 0 Å². The number of ketones is 1. The van der Waals surface area contributed by atoms with Gasteiger partial charge in [0.25, 0.3) is 0 Å². The molecule has 0 N–H and O–H groups in total. The van der Waals surface area contributed by atoms with Crippen molar-refractivity contribution >= 4 is 23.1 Å². The molecule has 0 saturated heterocycles. The maximum Gasteiger partial charge on any atom is 0.312 e. The number of halogens is 1. The van der Waals surface area contributed by atoms with E-state index in [0.29, 0.717) is 22.0 Å². The van der Waals surface area contributed by atoms with Crippen molar-refractivity contribution in [2.75, 3.05) is 0 Å². The van der Waals surface area contributed by atoms with Crippen molar-refractivity contribution in [3.05, 3.63) is 73.8 Å². The summed E-state index contributed by atoms with van der Waals surface area (Å²) in [7, 11) is 0. The van der Waals surface area contributed by atoms with Gasteiger partial charge in [-0.2, -0.15) is 5.10 Å². The van der Waals surface area contributed by atoms with E-state index in [1.165, 1.54) is 4.68 Å². The van der Waals surface area contributed by atoms with Crippen LogP contribution in [0.4, 0.5) is 5.69 Å². The fraction of sp³-hybridized carbons (Fsp3) is 0.263. The van der Waals surface area contributed by atoms with E-state index < -0.39 is 4.92 Å². The van der Waals surface area contributed by atoms with Crippen LogP contribution in [0.3, 0.4) is 0 Å². The molecule has 0 fully saturated rings. The predicted octanol–water partition coefficient (Wildman–Crippen LogP) is 4.35. The molecular weight excluding hydrogens is 368 g/mol. The average Bonchev–Trinajstić information content (AvgIpc) is 3.03. The van der Waals surface area contributed by atoms with Crippen LogP contribution in [0.25, 0.3) is 5.69 Å². The Morgan fingerprint density at radius 1 is 1.19 bits per heavy atom. The van der Waals surface area contributed by atoms with Crippen molar-refractivity contribution in [2.45, 2.75) is 34.2 Å². The second-order valence-corrected chi connectivity index (χ2v) is 6.89. The molecule has 0 aliphatic rings. The Balaban J connectivity index is 1.97. The molecule has 0 radical (unpaired) electrons. The zero-order chi connectivity index (χ0) is 19.9. The largest absolute Gasteiger partial charge is 0.318 e. The summed E-state index contributed by atoms with van der Waals surface area (Å²) in [6, 6.07) is 9.22. The number of carbonyl (C=O) groups is 1. The minimum Gasteiger partial charge on any atom is -0.318 e. The topological polar surface area (TPSA) is 83.0 Å². The molecule has 8 heteroatoms. The molecule has 0 unspecified atom stereocenters.